The Labute approximate surface area is 117 Å². The van der Waals surface area contributed by atoms with Crippen LogP contribution in [-0.4, -0.2) is 46.7 Å². The van der Waals surface area contributed by atoms with Gasteiger partial charge >= 0.3 is 0 Å². The number of rotatable bonds is 2. The van der Waals surface area contributed by atoms with Crippen LogP contribution in [0.25, 0.3) is 0 Å². The fourth-order valence-corrected chi connectivity index (χ4v) is 2.07. The minimum atomic E-state index is -0.397. The van der Waals surface area contributed by atoms with E-state index in [1.807, 2.05) is 0 Å². The maximum absolute atomic E-state index is 12.3. The van der Waals surface area contributed by atoms with Crippen LogP contribution in [0.15, 0.2) is 18.2 Å². The summed E-state index contributed by atoms with van der Waals surface area (Å²) in [5.74, 6) is -0.0372. The van der Waals surface area contributed by atoms with Gasteiger partial charge in [-0.15, -0.1) is 0 Å². The fraction of sp³-hybridized carbons (Fsp3) is 0.385. The first-order valence-electron chi connectivity index (χ1n) is 5.99. The normalized spacial score (nSPS) is 19.2. The minimum absolute atomic E-state index is 0.116. The molecule has 2 rings (SSSR count). The van der Waals surface area contributed by atoms with Crippen molar-refractivity contribution in [3.8, 4) is 5.75 Å². The number of phenolic OH excluding ortho intramolecular Hbond substituents is 1. The fourth-order valence-electron chi connectivity index (χ4n) is 1.93. The van der Waals surface area contributed by atoms with E-state index >= 15 is 0 Å². The Hall–Kier alpha value is -1.66. The average molecular weight is 280 g/mol. The second kappa shape index (κ2) is 5.54. The van der Waals surface area contributed by atoms with Gasteiger partial charge in [0.1, 0.15) is 16.8 Å². The third-order valence-corrected chi connectivity index (χ3v) is 3.39. The number of aryl methyl sites for hydroxylation is 1. The van der Waals surface area contributed by atoms with E-state index in [-0.39, 0.29) is 16.6 Å². The molecule has 1 aliphatic heterocycles. The van der Waals surface area contributed by atoms with Crippen molar-refractivity contribution in [3.05, 3.63) is 29.3 Å². The van der Waals surface area contributed by atoms with Crippen LogP contribution in [0.1, 0.15) is 15.9 Å². The number of aromatic hydroxyl groups is 1. The number of carbonyl (C=O) groups excluding carboxylic acids is 1. The highest BCUT2D eigenvalue weighted by molar-refractivity contribution is 7.80. The zero-order valence-corrected chi connectivity index (χ0v) is 11.4. The molecule has 6 heteroatoms. The Morgan fingerprint density at radius 2 is 2.32 bits per heavy atom. The summed E-state index contributed by atoms with van der Waals surface area (Å²) < 4.78 is 5.39. The molecule has 1 atom stereocenters. The van der Waals surface area contributed by atoms with Crippen molar-refractivity contribution >= 4 is 23.1 Å². The molecule has 102 valence electrons. The summed E-state index contributed by atoms with van der Waals surface area (Å²) in [6.45, 7) is 3.03. The molecule has 3 N–H and O–H groups in total. The molecule has 0 spiro atoms. The van der Waals surface area contributed by atoms with Crippen LogP contribution in [0, 0.1) is 6.92 Å². The Morgan fingerprint density at radius 3 is 2.95 bits per heavy atom. The molecule has 0 aliphatic carbocycles. The van der Waals surface area contributed by atoms with Crippen molar-refractivity contribution < 1.29 is 14.6 Å². The predicted molar refractivity (Wildman–Crippen MR) is 75.3 cm³/mol. The van der Waals surface area contributed by atoms with E-state index in [0.29, 0.717) is 25.3 Å². The molecule has 1 aliphatic rings. The lowest BCUT2D eigenvalue weighted by atomic mass is 10.1. The quantitative estimate of drug-likeness (QED) is 0.785. The molecule has 1 aromatic carbocycles. The number of carbonyl (C=O) groups is 1. The second-order valence-electron chi connectivity index (χ2n) is 4.51. The minimum Gasteiger partial charge on any atom is -0.508 e. The molecular weight excluding hydrogens is 264 g/mol. The Bertz CT molecular complexity index is 519. The van der Waals surface area contributed by atoms with Crippen LogP contribution in [0.3, 0.4) is 0 Å². The van der Waals surface area contributed by atoms with Gasteiger partial charge in [0, 0.05) is 12.1 Å². The van der Waals surface area contributed by atoms with E-state index in [1.54, 1.807) is 24.0 Å². The number of nitrogens with two attached hydrogens (primary N) is 1. The molecule has 0 radical (unpaired) electrons. The monoisotopic (exact) mass is 280 g/mol. The van der Waals surface area contributed by atoms with Gasteiger partial charge in [0.15, 0.2) is 0 Å². The number of amides is 1. The maximum Gasteiger partial charge on any atom is 0.254 e. The van der Waals surface area contributed by atoms with Crippen LogP contribution in [0.2, 0.25) is 0 Å². The van der Waals surface area contributed by atoms with Crippen molar-refractivity contribution in [2.75, 3.05) is 19.7 Å². The van der Waals surface area contributed by atoms with Crippen LogP contribution in [-0.2, 0) is 4.74 Å². The van der Waals surface area contributed by atoms with E-state index in [9.17, 15) is 9.90 Å². The molecule has 1 amide bonds. The van der Waals surface area contributed by atoms with Crippen molar-refractivity contribution in [2.24, 2.45) is 5.73 Å². The Kier molecular flexibility index (Phi) is 4.01. The largest absolute Gasteiger partial charge is 0.508 e. The smallest absolute Gasteiger partial charge is 0.254 e. The number of thiocarbonyl (C=S) groups is 1. The van der Waals surface area contributed by atoms with Crippen LogP contribution in [0.5, 0.6) is 5.75 Å². The summed E-state index contributed by atoms with van der Waals surface area (Å²) in [6, 6.07) is 4.89. The summed E-state index contributed by atoms with van der Waals surface area (Å²) in [6.07, 6.45) is -0.397. The highest BCUT2D eigenvalue weighted by Crippen LogP contribution is 2.19. The summed E-state index contributed by atoms with van der Waals surface area (Å²) in [7, 11) is 0. The molecule has 1 aromatic rings. The Balaban J connectivity index is 2.14. The second-order valence-corrected chi connectivity index (χ2v) is 4.99. The van der Waals surface area contributed by atoms with Crippen LogP contribution in [0.4, 0.5) is 0 Å². The SMILES string of the molecule is Cc1ccc(C(=O)N2CCOC(C(N)=S)C2)cc1O. The number of morpholine rings is 1. The number of nitrogens with zero attached hydrogens (tertiary/aromatic N) is 1. The van der Waals surface area contributed by atoms with Gasteiger partial charge in [-0.1, -0.05) is 18.3 Å². The molecule has 0 aromatic heterocycles. The summed E-state index contributed by atoms with van der Waals surface area (Å²) in [4.78, 5) is 14.2. The zero-order chi connectivity index (χ0) is 14.0. The van der Waals surface area contributed by atoms with Gasteiger partial charge < -0.3 is 20.5 Å². The molecule has 1 fully saturated rings. The number of ether oxygens (including phenoxy) is 1. The van der Waals surface area contributed by atoms with Crippen molar-refractivity contribution in [1.82, 2.24) is 4.90 Å². The van der Waals surface area contributed by atoms with Gasteiger partial charge in [-0.2, -0.15) is 0 Å². The van der Waals surface area contributed by atoms with Gasteiger partial charge in [0.25, 0.3) is 5.91 Å². The molecule has 0 saturated carbocycles. The number of benzene rings is 1. The maximum atomic E-state index is 12.3. The lowest BCUT2D eigenvalue weighted by Gasteiger charge is -2.32. The van der Waals surface area contributed by atoms with Gasteiger partial charge in [-0.25, -0.2) is 0 Å². The predicted octanol–water partition coefficient (Wildman–Crippen LogP) is 0.828. The topological polar surface area (TPSA) is 75.8 Å². The molecule has 5 nitrogen and oxygen atoms in total. The number of hydrogen-bond donors (Lipinski definition) is 2. The third kappa shape index (κ3) is 3.02. The molecule has 1 heterocycles. The van der Waals surface area contributed by atoms with Gasteiger partial charge in [0.05, 0.1) is 13.2 Å². The standard InChI is InChI=1S/C13H16N2O3S/c1-8-2-3-9(6-10(8)16)13(17)15-4-5-18-11(7-15)12(14)19/h2-3,6,11,16H,4-5,7H2,1H3,(H2,14,19). The van der Waals surface area contributed by atoms with E-state index in [1.165, 1.54) is 6.07 Å². The van der Waals surface area contributed by atoms with E-state index in [4.69, 9.17) is 22.7 Å². The van der Waals surface area contributed by atoms with E-state index in [0.717, 1.165) is 5.56 Å². The first-order valence-corrected chi connectivity index (χ1v) is 6.39. The lowest BCUT2D eigenvalue weighted by molar-refractivity contribution is 0.00877. The third-order valence-electron chi connectivity index (χ3n) is 3.13. The average Bonchev–Trinajstić information content (AvgIpc) is 2.41. The zero-order valence-electron chi connectivity index (χ0n) is 10.6. The first kappa shape index (κ1) is 13.8. The molecule has 1 unspecified atom stereocenters. The summed E-state index contributed by atoms with van der Waals surface area (Å²) in [5.41, 5.74) is 6.73. The van der Waals surface area contributed by atoms with Crippen molar-refractivity contribution in [2.45, 2.75) is 13.0 Å². The van der Waals surface area contributed by atoms with Crippen molar-refractivity contribution in [3.63, 3.8) is 0 Å². The van der Waals surface area contributed by atoms with Crippen LogP contribution < -0.4 is 5.73 Å². The number of hydrogen-bond acceptors (Lipinski definition) is 4. The molecule has 0 bridgehead atoms. The molecule has 19 heavy (non-hydrogen) atoms. The summed E-state index contributed by atoms with van der Waals surface area (Å²) in [5, 5.41) is 9.65. The van der Waals surface area contributed by atoms with Crippen molar-refractivity contribution in [1.29, 1.82) is 0 Å². The summed E-state index contributed by atoms with van der Waals surface area (Å²) >= 11 is 4.88. The number of phenols is 1. The van der Waals surface area contributed by atoms with Gasteiger partial charge in [-0.05, 0) is 24.6 Å². The van der Waals surface area contributed by atoms with Gasteiger partial charge in [0.2, 0.25) is 0 Å². The highest BCUT2D eigenvalue weighted by Gasteiger charge is 2.26. The van der Waals surface area contributed by atoms with Crippen LogP contribution >= 0.6 is 12.2 Å². The van der Waals surface area contributed by atoms with E-state index < -0.39 is 6.10 Å². The molecule has 1 saturated heterocycles. The van der Waals surface area contributed by atoms with E-state index in [2.05, 4.69) is 0 Å². The lowest BCUT2D eigenvalue weighted by Crippen LogP contribution is -2.49. The highest BCUT2D eigenvalue weighted by atomic mass is 32.1. The Morgan fingerprint density at radius 1 is 1.58 bits per heavy atom. The molecular formula is C13H16N2O3S. The van der Waals surface area contributed by atoms with Gasteiger partial charge in [-0.3, -0.25) is 4.79 Å². The first-order chi connectivity index (χ1) is 8.99.